The summed E-state index contributed by atoms with van der Waals surface area (Å²) in [5.41, 5.74) is 1.68. The van der Waals surface area contributed by atoms with Gasteiger partial charge in [-0.05, 0) is 48.0 Å². The fourth-order valence-electron chi connectivity index (χ4n) is 2.10. The van der Waals surface area contributed by atoms with Crippen LogP contribution in [0.25, 0.3) is 0 Å². The van der Waals surface area contributed by atoms with Gasteiger partial charge in [0.1, 0.15) is 11.6 Å². The van der Waals surface area contributed by atoms with E-state index in [-0.39, 0.29) is 17.4 Å². The molecule has 1 heterocycles. The molecule has 126 valence electrons. The number of anilines is 2. The van der Waals surface area contributed by atoms with Gasteiger partial charge < -0.3 is 10.6 Å². The van der Waals surface area contributed by atoms with E-state index in [2.05, 4.69) is 20.8 Å². The first kappa shape index (κ1) is 16.9. The lowest BCUT2D eigenvalue weighted by molar-refractivity contribution is 0.102. The number of benzene rings is 2. The molecule has 0 fully saturated rings. The summed E-state index contributed by atoms with van der Waals surface area (Å²) < 4.78 is 12.9. The summed E-state index contributed by atoms with van der Waals surface area (Å²) >= 11 is 5.88. The van der Waals surface area contributed by atoms with Crippen LogP contribution in [0.5, 0.6) is 0 Å². The number of hydrogen-bond acceptors (Lipinski definition) is 4. The predicted molar refractivity (Wildman–Crippen MR) is 95.2 cm³/mol. The third-order valence-corrected chi connectivity index (χ3v) is 3.60. The Bertz CT molecular complexity index is 869. The standard InChI is InChI=1S/C18H14ClFN4O/c19-13-2-1-3-15(10-13)22-18(25)16-8-9-17(24-23-16)21-11-12-4-6-14(20)7-5-12/h1-10H,11H2,(H,21,24)(H,22,25). The highest BCUT2D eigenvalue weighted by Crippen LogP contribution is 2.15. The molecule has 0 spiro atoms. The van der Waals surface area contributed by atoms with Crippen LogP contribution in [0.15, 0.2) is 60.7 Å². The highest BCUT2D eigenvalue weighted by molar-refractivity contribution is 6.30. The minimum Gasteiger partial charge on any atom is -0.365 e. The molecule has 3 rings (SSSR count). The number of hydrogen-bond donors (Lipinski definition) is 2. The van der Waals surface area contributed by atoms with Gasteiger partial charge in [-0.1, -0.05) is 29.8 Å². The van der Waals surface area contributed by atoms with Crippen molar-refractivity contribution in [2.75, 3.05) is 10.6 Å². The van der Waals surface area contributed by atoms with Crippen LogP contribution < -0.4 is 10.6 Å². The van der Waals surface area contributed by atoms with E-state index in [0.29, 0.717) is 23.1 Å². The molecule has 2 aromatic carbocycles. The van der Waals surface area contributed by atoms with E-state index in [1.54, 1.807) is 48.5 Å². The molecule has 0 unspecified atom stereocenters. The topological polar surface area (TPSA) is 66.9 Å². The third-order valence-electron chi connectivity index (χ3n) is 3.37. The number of amides is 1. The van der Waals surface area contributed by atoms with Crippen LogP contribution in [-0.2, 0) is 6.54 Å². The van der Waals surface area contributed by atoms with E-state index >= 15 is 0 Å². The van der Waals surface area contributed by atoms with Gasteiger partial charge in [0.25, 0.3) is 5.91 Å². The first-order chi connectivity index (χ1) is 12.1. The number of aromatic nitrogens is 2. The molecule has 0 radical (unpaired) electrons. The SMILES string of the molecule is O=C(Nc1cccc(Cl)c1)c1ccc(NCc2ccc(F)cc2)nn1. The van der Waals surface area contributed by atoms with Crippen molar-refractivity contribution in [2.24, 2.45) is 0 Å². The van der Waals surface area contributed by atoms with Gasteiger partial charge in [-0.3, -0.25) is 4.79 Å². The lowest BCUT2D eigenvalue weighted by Gasteiger charge is -2.07. The van der Waals surface area contributed by atoms with Crippen LogP contribution >= 0.6 is 11.6 Å². The zero-order valence-corrected chi connectivity index (χ0v) is 13.8. The molecule has 0 aliphatic rings. The minimum atomic E-state index is -0.375. The van der Waals surface area contributed by atoms with Crippen molar-refractivity contribution < 1.29 is 9.18 Å². The Morgan fingerprint density at radius 3 is 2.52 bits per heavy atom. The Labute approximate surface area is 148 Å². The molecular weight excluding hydrogens is 343 g/mol. The van der Waals surface area contributed by atoms with Crippen LogP contribution in [-0.4, -0.2) is 16.1 Å². The summed E-state index contributed by atoms with van der Waals surface area (Å²) in [5.74, 6) is -0.137. The van der Waals surface area contributed by atoms with E-state index < -0.39 is 0 Å². The molecule has 3 aromatic rings. The molecule has 0 atom stereocenters. The predicted octanol–water partition coefficient (Wildman–Crippen LogP) is 4.13. The molecule has 5 nitrogen and oxygen atoms in total. The Hall–Kier alpha value is -2.99. The molecular formula is C18H14ClFN4O. The average Bonchev–Trinajstić information content (AvgIpc) is 2.62. The molecule has 0 bridgehead atoms. The molecule has 7 heteroatoms. The maximum Gasteiger partial charge on any atom is 0.276 e. The molecule has 1 amide bonds. The van der Waals surface area contributed by atoms with Gasteiger partial charge in [-0.2, -0.15) is 0 Å². The molecule has 0 saturated carbocycles. The number of carbonyl (C=O) groups excluding carboxylic acids is 1. The smallest absolute Gasteiger partial charge is 0.276 e. The van der Waals surface area contributed by atoms with E-state index in [1.165, 1.54) is 12.1 Å². The van der Waals surface area contributed by atoms with E-state index in [9.17, 15) is 9.18 Å². The first-order valence-corrected chi connectivity index (χ1v) is 7.87. The first-order valence-electron chi connectivity index (χ1n) is 7.49. The number of halogens is 2. The molecule has 1 aromatic heterocycles. The summed E-state index contributed by atoms with van der Waals surface area (Å²) in [6.45, 7) is 0.475. The molecule has 0 saturated heterocycles. The summed E-state index contributed by atoms with van der Waals surface area (Å²) in [5, 5.41) is 14.2. The second kappa shape index (κ2) is 7.72. The van der Waals surface area contributed by atoms with Crippen molar-refractivity contribution in [1.29, 1.82) is 0 Å². The van der Waals surface area contributed by atoms with Gasteiger partial charge in [0.2, 0.25) is 0 Å². The lowest BCUT2D eigenvalue weighted by Crippen LogP contribution is -2.14. The third kappa shape index (κ3) is 4.74. The van der Waals surface area contributed by atoms with Crippen molar-refractivity contribution in [3.05, 3.63) is 82.8 Å². The Morgan fingerprint density at radius 1 is 1.04 bits per heavy atom. The largest absolute Gasteiger partial charge is 0.365 e. The van der Waals surface area contributed by atoms with Crippen LogP contribution in [0.2, 0.25) is 5.02 Å². The summed E-state index contributed by atoms with van der Waals surface area (Å²) in [7, 11) is 0. The molecule has 25 heavy (non-hydrogen) atoms. The number of rotatable bonds is 5. The quantitative estimate of drug-likeness (QED) is 0.721. The Kier molecular flexibility index (Phi) is 5.20. The van der Waals surface area contributed by atoms with Gasteiger partial charge >= 0.3 is 0 Å². The van der Waals surface area contributed by atoms with Gasteiger partial charge in [0.15, 0.2) is 5.69 Å². The van der Waals surface area contributed by atoms with Gasteiger partial charge in [-0.15, -0.1) is 10.2 Å². The van der Waals surface area contributed by atoms with Crippen molar-refractivity contribution >= 4 is 29.0 Å². The minimum absolute atomic E-state index is 0.187. The number of carbonyl (C=O) groups is 1. The highest BCUT2D eigenvalue weighted by atomic mass is 35.5. The van der Waals surface area contributed by atoms with Crippen LogP contribution in [0, 0.1) is 5.82 Å². The average molecular weight is 357 g/mol. The van der Waals surface area contributed by atoms with Crippen LogP contribution in [0.4, 0.5) is 15.9 Å². The van der Waals surface area contributed by atoms with Crippen molar-refractivity contribution in [2.45, 2.75) is 6.54 Å². The van der Waals surface area contributed by atoms with Crippen LogP contribution in [0.3, 0.4) is 0 Å². The number of nitrogens with zero attached hydrogens (tertiary/aromatic N) is 2. The fraction of sp³-hybridized carbons (Fsp3) is 0.0556. The van der Waals surface area contributed by atoms with Gasteiger partial charge in [0.05, 0.1) is 0 Å². The Balaban J connectivity index is 1.59. The Morgan fingerprint density at radius 2 is 1.84 bits per heavy atom. The summed E-state index contributed by atoms with van der Waals surface area (Å²) in [4.78, 5) is 12.1. The van der Waals surface area contributed by atoms with Crippen molar-refractivity contribution in [1.82, 2.24) is 10.2 Å². The number of nitrogens with one attached hydrogen (secondary N) is 2. The van der Waals surface area contributed by atoms with E-state index in [0.717, 1.165) is 5.56 Å². The maximum absolute atomic E-state index is 12.9. The molecule has 0 aliphatic carbocycles. The van der Waals surface area contributed by atoms with E-state index in [4.69, 9.17) is 11.6 Å². The van der Waals surface area contributed by atoms with E-state index in [1.807, 2.05) is 0 Å². The fourth-order valence-corrected chi connectivity index (χ4v) is 2.29. The monoisotopic (exact) mass is 356 g/mol. The second-order valence-corrected chi connectivity index (χ2v) is 5.68. The normalized spacial score (nSPS) is 10.3. The van der Waals surface area contributed by atoms with Gasteiger partial charge in [-0.25, -0.2) is 4.39 Å². The second-order valence-electron chi connectivity index (χ2n) is 5.25. The van der Waals surface area contributed by atoms with Crippen molar-refractivity contribution in [3.8, 4) is 0 Å². The lowest BCUT2D eigenvalue weighted by atomic mass is 10.2. The van der Waals surface area contributed by atoms with Gasteiger partial charge in [0, 0.05) is 17.3 Å². The summed E-state index contributed by atoms with van der Waals surface area (Å²) in [6, 6.07) is 16.2. The molecule has 0 aliphatic heterocycles. The van der Waals surface area contributed by atoms with Crippen molar-refractivity contribution in [3.63, 3.8) is 0 Å². The molecule has 2 N–H and O–H groups in total. The maximum atomic E-state index is 12.9. The highest BCUT2D eigenvalue weighted by Gasteiger charge is 2.09. The summed E-state index contributed by atoms with van der Waals surface area (Å²) in [6.07, 6.45) is 0. The van der Waals surface area contributed by atoms with Crippen LogP contribution in [0.1, 0.15) is 16.1 Å². The zero-order valence-electron chi connectivity index (χ0n) is 13.0. The zero-order chi connectivity index (χ0) is 17.6.